The molecule has 3 nitrogen and oxygen atoms in total. The van der Waals surface area contributed by atoms with Gasteiger partial charge in [-0.1, -0.05) is 12.1 Å². The molecule has 21 heavy (non-hydrogen) atoms. The maximum absolute atomic E-state index is 13.3. The maximum atomic E-state index is 13.3. The van der Waals surface area contributed by atoms with Gasteiger partial charge in [0.05, 0.1) is 15.7 Å². The first-order valence-electron chi connectivity index (χ1n) is 7.47. The van der Waals surface area contributed by atoms with Crippen LogP contribution in [0.5, 0.6) is 0 Å². The molecule has 4 atom stereocenters. The second-order valence-electron chi connectivity index (χ2n) is 6.75. The second-order valence-corrected chi connectivity index (χ2v) is 8.74. The van der Waals surface area contributed by atoms with Crippen molar-refractivity contribution in [1.82, 2.24) is 10.0 Å². The summed E-state index contributed by atoms with van der Waals surface area (Å²) < 4.78 is 28.4. The highest BCUT2D eigenvalue weighted by molar-refractivity contribution is 7.84. The van der Waals surface area contributed by atoms with Crippen LogP contribution in [-0.2, 0) is 11.0 Å². The van der Waals surface area contributed by atoms with E-state index in [2.05, 4.69) is 17.0 Å². The molecule has 0 radical (unpaired) electrons. The summed E-state index contributed by atoms with van der Waals surface area (Å²) >= 11 is 0. The minimum atomic E-state index is -1.07. The molecule has 0 aliphatic carbocycles. The lowest BCUT2D eigenvalue weighted by atomic mass is 10.0. The SMILES string of the molecule is C[C@H](N[S@@](=O)C(C)(C)C)[C@H]1CC[C@@H](c2cccc(F)c2)N1. The van der Waals surface area contributed by atoms with E-state index in [1.54, 1.807) is 12.1 Å². The van der Waals surface area contributed by atoms with Crippen molar-refractivity contribution < 1.29 is 8.60 Å². The smallest absolute Gasteiger partial charge is 0.123 e. The molecule has 1 aliphatic rings. The van der Waals surface area contributed by atoms with Crippen LogP contribution < -0.4 is 10.0 Å². The average Bonchev–Trinajstić information content (AvgIpc) is 2.87. The van der Waals surface area contributed by atoms with Crippen molar-refractivity contribution in [3.8, 4) is 0 Å². The summed E-state index contributed by atoms with van der Waals surface area (Å²) in [5.74, 6) is -0.197. The van der Waals surface area contributed by atoms with E-state index in [0.717, 1.165) is 18.4 Å². The molecular weight excluding hydrogens is 287 g/mol. The van der Waals surface area contributed by atoms with E-state index in [4.69, 9.17) is 0 Å². The molecule has 0 aromatic heterocycles. The Hall–Kier alpha value is -0.780. The van der Waals surface area contributed by atoms with Crippen molar-refractivity contribution in [2.24, 2.45) is 0 Å². The van der Waals surface area contributed by atoms with Gasteiger partial charge in [0.2, 0.25) is 0 Å². The summed E-state index contributed by atoms with van der Waals surface area (Å²) in [6.45, 7) is 7.93. The van der Waals surface area contributed by atoms with E-state index in [9.17, 15) is 8.60 Å². The summed E-state index contributed by atoms with van der Waals surface area (Å²) in [6.07, 6.45) is 1.97. The largest absolute Gasteiger partial charge is 0.306 e. The molecule has 5 heteroatoms. The molecular formula is C16H25FN2OS. The van der Waals surface area contributed by atoms with Crippen LogP contribution in [0.2, 0.25) is 0 Å². The predicted molar refractivity (Wildman–Crippen MR) is 85.8 cm³/mol. The van der Waals surface area contributed by atoms with Gasteiger partial charge in [0.15, 0.2) is 0 Å². The van der Waals surface area contributed by atoms with Gasteiger partial charge in [0, 0.05) is 18.1 Å². The third kappa shape index (κ3) is 4.34. The lowest BCUT2D eigenvalue weighted by Crippen LogP contribution is -2.47. The molecule has 1 aliphatic heterocycles. The number of benzene rings is 1. The molecule has 1 aromatic carbocycles. The van der Waals surface area contributed by atoms with Crippen LogP contribution in [0.3, 0.4) is 0 Å². The Morgan fingerprint density at radius 2 is 2.10 bits per heavy atom. The molecule has 0 saturated carbocycles. The summed E-state index contributed by atoms with van der Waals surface area (Å²) in [5.41, 5.74) is 0.988. The van der Waals surface area contributed by atoms with E-state index < -0.39 is 11.0 Å². The van der Waals surface area contributed by atoms with Crippen molar-refractivity contribution in [2.45, 2.75) is 63.4 Å². The van der Waals surface area contributed by atoms with Gasteiger partial charge in [-0.25, -0.2) is 13.3 Å². The van der Waals surface area contributed by atoms with Gasteiger partial charge in [-0.3, -0.25) is 0 Å². The fourth-order valence-corrected chi connectivity index (χ4v) is 3.44. The lowest BCUT2D eigenvalue weighted by molar-refractivity contribution is 0.458. The monoisotopic (exact) mass is 312 g/mol. The zero-order chi connectivity index (χ0) is 15.6. The normalized spacial score (nSPS) is 25.8. The van der Waals surface area contributed by atoms with Crippen molar-refractivity contribution in [3.63, 3.8) is 0 Å². The quantitative estimate of drug-likeness (QED) is 0.897. The first-order valence-corrected chi connectivity index (χ1v) is 8.62. The van der Waals surface area contributed by atoms with Crippen molar-refractivity contribution >= 4 is 11.0 Å². The minimum Gasteiger partial charge on any atom is -0.306 e. The Labute approximate surface area is 129 Å². The van der Waals surface area contributed by atoms with Crippen LogP contribution in [0.15, 0.2) is 24.3 Å². The van der Waals surface area contributed by atoms with Gasteiger partial charge >= 0.3 is 0 Å². The van der Waals surface area contributed by atoms with E-state index >= 15 is 0 Å². The maximum Gasteiger partial charge on any atom is 0.123 e. The van der Waals surface area contributed by atoms with Gasteiger partial charge in [-0.2, -0.15) is 0 Å². The fourth-order valence-electron chi connectivity index (χ4n) is 2.58. The Bertz CT molecular complexity index is 515. The minimum absolute atomic E-state index is 0.114. The zero-order valence-electron chi connectivity index (χ0n) is 13.2. The van der Waals surface area contributed by atoms with Crippen LogP contribution in [0.1, 0.15) is 52.1 Å². The lowest BCUT2D eigenvalue weighted by Gasteiger charge is -2.26. The molecule has 0 unspecified atom stereocenters. The van der Waals surface area contributed by atoms with Crippen LogP contribution in [0, 0.1) is 5.82 Å². The Morgan fingerprint density at radius 3 is 2.71 bits per heavy atom. The van der Waals surface area contributed by atoms with Gasteiger partial charge in [0.1, 0.15) is 5.82 Å². The summed E-state index contributed by atoms with van der Waals surface area (Å²) in [6, 6.07) is 7.30. The highest BCUT2D eigenvalue weighted by atomic mass is 32.2. The molecule has 0 amide bonds. The molecule has 118 valence electrons. The van der Waals surface area contributed by atoms with E-state index in [1.807, 2.05) is 26.8 Å². The van der Waals surface area contributed by atoms with Gasteiger partial charge < -0.3 is 5.32 Å². The van der Waals surface area contributed by atoms with E-state index in [0.29, 0.717) is 0 Å². The van der Waals surface area contributed by atoms with Gasteiger partial charge in [-0.15, -0.1) is 0 Å². The molecule has 1 aromatic rings. The third-order valence-electron chi connectivity index (χ3n) is 3.89. The topological polar surface area (TPSA) is 41.1 Å². The predicted octanol–water partition coefficient (Wildman–Crippen LogP) is 3.06. The number of nitrogens with one attached hydrogen (secondary N) is 2. The molecule has 0 bridgehead atoms. The van der Waals surface area contributed by atoms with Crippen LogP contribution in [0.4, 0.5) is 4.39 Å². The van der Waals surface area contributed by atoms with Crippen LogP contribution in [-0.4, -0.2) is 21.0 Å². The number of rotatable bonds is 4. The standard InChI is InChI=1S/C16H25FN2OS/c1-11(19-21(20)16(2,3)4)14-8-9-15(18-14)12-6-5-7-13(17)10-12/h5-7,10-11,14-15,18-19H,8-9H2,1-4H3/t11-,14+,15-,21-/m0/s1. The average molecular weight is 312 g/mol. The summed E-state index contributed by atoms with van der Waals surface area (Å²) in [4.78, 5) is 0. The fraction of sp³-hybridized carbons (Fsp3) is 0.625. The molecule has 0 spiro atoms. The van der Waals surface area contributed by atoms with E-state index in [-0.39, 0.29) is 28.7 Å². The van der Waals surface area contributed by atoms with Crippen LogP contribution in [0.25, 0.3) is 0 Å². The van der Waals surface area contributed by atoms with Crippen molar-refractivity contribution in [3.05, 3.63) is 35.6 Å². The first-order chi connectivity index (χ1) is 9.77. The van der Waals surface area contributed by atoms with Gasteiger partial charge in [-0.05, 0) is 58.2 Å². The molecule has 1 saturated heterocycles. The highest BCUT2D eigenvalue weighted by Crippen LogP contribution is 2.28. The molecule has 2 rings (SSSR count). The molecule has 2 N–H and O–H groups in total. The number of hydrogen-bond donors (Lipinski definition) is 2. The first kappa shape index (κ1) is 16.6. The second kappa shape index (κ2) is 6.55. The number of halogens is 1. The van der Waals surface area contributed by atoms with Crippen molar-refractivity contribution in [2.75, 3.05) is 0 Å². The highest BCUT2D eigenvalue weighted by Gasteiger charge is 2.31. The molecule has 1 heterocycles. The zero-order valence-corrected chi connectivity index (χ0v) is 14.0. The van der Waals surface area contributed by atoms with Crippen LogP contribution >= 0.6 is 0 Å². The van der Waals surface area contributed by atoms with Gasteiger partial charge in [0.25, 0.3) is 0 Å². The Balaban J connectivity index is 1.94. The Kier molecular flexibility index (Phi) is 5.17. The summed E-state index contributed by atoms with van der Waals surface area (Å²) in [5, 5.41) is 3.53. The third-order valence-corrected chi connectivity index (χ3v) is 5.58. The van der Waals surface area contributed by atoms with Crippen molar-refractivity contribution in [1.29, 1.82) is 0 Å². The van der Waals surface area contributed by atoms with E-state index in [1.165, 1.54) is 6.07 Å². The summed E-state index contributed by atoms with van der Waals surface area (Å²) in [7, 11) is -1.07. The molecule has 1 fully saturated rings. The Morgan fingerprint density at radius 1 is 1.38 bits per heavy atom. The number of hydrogen-bond acceptors (Lipinski definition) is 2.